The Kier molecular flexibility index (Phi) is 22.6. The fourth-order valence-corrected chi connectivity index (χ4v) is 0.687. The zero-order valence-corrected chi connectivity index (χ0v) is 12.2. The van der Waals surface area contributed by atoms with Gasteiger partial charge in [0.2, 0.25) is 0 Å². The molecule has 0 atom stereocenters. The Labute approximate surface area is 114 Å². The van der Waals surface area contributed by atoms with E-state index in [-0.39, 0.29) is 40.0 Å². The Hall–Kier alpha value is 0.426. The van der Waals surface area contributed by atoms with Gasteiger partial charge in [0.05, 0.1) is 0 Å². The first kappa shape index (κ1) is 19.9. The van der Waals surface area contributed by atoms with Gasteiger partial charge in [-0.1, -0.05) is 6.92 Å². The molecule has 1 aromatic rings. The van der Waals surface area contributed by atoms with E-state index >= 15 is 0 Å². The van der Waals surface area contributed by atoms with Crippen molar-refractivity contribution in [2.75, 3.05) is 13.2 Å². The molecule has 0 spiro atoms. The predicted molar refractivity (Wildman–Crippen MR) is 57.9 cm³/mol. The van der Waals surface area contributed by atoms with Gasteiger partial charge in [0.25, 0.3) is 0 Å². The van der Waals surface area contributed by atoms with Crippen molar-refractivity contribution in [3.8, 4) is 0 Å². The first-order valence-electron chi connectivity index (χ1n) is 4.32. The maximum Gasteiger partial charge on any atom is 2.00 e. The summed E-state index contributed by atoms with van der Waals surface area (Å²) < 4.78 is 4.83. The van der Waals surface area contributed by atoms with Crippen molar-refractivity contribution >= 4 is 23.1 Å². The van der Waals surface area contributed by atoms with E-state index in [1.54, 1.807) is 0 Å². The third-order valence-corrected chi connectivity index (χ3v) is 1.27. The van der Waals surface area contributed by atoms with Gasteiger partial charge < -0.3 is 21.7 Å². The van der Waals surface area contributed by atoms with E-state index in [0.717, 1.165) is 13.2 Å². The SMILES string of the molecule is CCOCC.Cc1[c-]cccc1.[Br-].[Mg+2]. The molecule has 0 saturated carbocycles. The third kappa shape index (κ3) is 14.9. The summed E-state index contributed by atoms with van der Waals surface area (Å²) in [5.74, 6) is 0. The molecule has 0 aromatic heterocycles. The Morgan fingerprint density at radius 2 is 1.79 bits per heavy atom. The molecule has 1 rings (SSSR count). The van der Waals surface area contributed by atoms with Crippen LogP contribution in [0.1, 0.15) is 19.4 Å². The average molecular weight is 269 g/mol. The van der Waals surface area contributed by atoms with Gasteiger partial charge in [-0.3, -0.25) is 0 Å². The summed E-state index contributed by atoms with van der Waals surface area (Å²) in [4.78, 5) is 0. The molecule has 76 valence electrons. The van der Waals surface area contributed by atoms with Crippen LogP contribution in [-0.2, 0) is 4.74 Å². The molecule has 0 fully saturated rings. The summed E-state index contributed by atoms with van der Waals surface area (Å²) >= 11 is 0. The molecule has 14 heavy (non-hydrogen) atoms. The van der Waals surface area contributed by atoms with Gasteiger partial charge in [0.1, 0.15) is 0 Å². The molecule has 1 aromatic carbocycles. The van der Waals surface area contributed by atoms with Crippen LogP contribution in [0.3, 0.4) is 0 Å². The minimum Gasteiger partial charge on any atom is -1.00 e. The minimum atomic E-state index is 0. The smallest absolute Gasteiger partial charge is 1.00 e. The van der Waals surface area contributed by atoms with Crippen LogP contribution in [0, 0.1) is 13.0 Å². The number of ether oxygens (including phenoxy) is 1. The minimum absolute atomic E-state index is 0. The molecule has 0 N–H and O–H groups in total. The van der Waals surface area contributed by atoms with E-state index in [0.29, 0.717) is 0 Å². The van der Waals surface area contributed by atoms with Gasteiger partial charge >= 0.3 is 23.1 Å². The van der Waals surface area contributed by atoms with Crippen LogP contribution in [0.2, 0.25) is 0 Å². The molecule has 0 saturated heterocycles. The number of benzene rings is 1. The second-order valence-electron chi connectivity index (χ2n) is 2.33. The van der Waals surface area contributed by atoms with Crippen molar-refractivity contribution in [3.05, 3.63) is 35.9 Å². The molecule has 0 amide bonds. The summed E-state index contributed by atoms with van der Waals surface area (Å²) in [6, 6.07) is 10.9. The van der Waals surface area contributed by atoms with Crippen LogP contribution < -0.4 is 17.0 Å². The van der Waals surface area contributed by atoms with Crippen LogP contribution in [0.25, 0.3) is 0 Å². The van der Waals surface area contributed by atoms with Crippen molar-refractivity contribution in [2.24, 2.45) is 0 Å². The average Bonchev–Trinajstić information content (AvgIpc) is 2.08. The first-order chi connectivity index (χ1) is 5.81. The summed E-state index contributed by atoms with van der Waals surface area (Å²) in [6.07, 6.45) is 0. The molecule has 3 heteroatoms. The van der Waals surface area contributed by atoms with E-state index in [9.17, 15) is 0 Å². The fourth-order valence-electron chi connectivity index (χ4n) is 0.687. The second kappa shape index (κ2) is 15.9. The number of hydrogen-bond acceptors (Lipinski definition) is 1. The summed E-state index contributed by atoms with van der Waals surface area (Å²) in [6.45, 7) is 7.69. The molecule has 0 unspecified atom stereocenters. The predicted octanol–water partition coefficient (Wildman–Crippen LogP) is -0.539. The van der Waals surface area contributed by atoms with Crippen LogP contribution >= 0.6 is 0 Å². The Balaban J connectivity index is -0.000000159. The van der Waals surface area contributed by atoms with Crippen molar-refractivity contribution in [1.82, 2.24) is 0 Å². The van der Waals surface area contributed by atoms with E-state index < -0.39 is 0 Å². The summed E-state index contributed by atoms with van der Waals surface area (Å²) in [5, 5.41) is 0. The molecule has 0 aliphatic rings. The Bertz CT molecular complexity index is 178. The summed E-state index contributed by atoms with van der Waals surface area (Å²) in [7, 11) is 0. The van der Waals surface area contributed by atoms with E-state index in [2.05, 4.69) is 6.07 Å². The van der Waals surface area contributed by atoms with Crippen molar-refractivity contribution < 1.29 is 21.7 Å². The molecular weight excluding hydrogens is 252 g/mol. The van der Waals surface area contributed by atoms with E-state index in [1.165, 1.54) is 5.56 Å². The van der Waals surface area contributed by atoms with Crippen LogP contribution in [-0.4, -0.2) is 36.3 Å². The zero-order valence-electron chi connectivity index (χ0n) is 9.22. The number of aryl methyl sites for hydroxylation is 1. The van der Waals surface area contributed by atoms with Gasteiger partial charge in [0, 0.05) is 13.2 Å². The van der Waals surface area contributed by atoms with E-state index in [4.69, 9.17) is 4.74 Å². The topological polar surface area (TPSA) is 9.23 Å². The van der Waals surface area contributed by atoms with Gasteiger partial charge in [-0.05, 0) is 13.8 Å². The fraction of sp³-hybridized carbons (Fsp3) is 0.455. The van der Waals surface area contributed by atoms with E-state index in [1.807, 2.05) is 45.0 Å². The maximum absolute atomic E-state index is 4.83. The molecule has 0 bridgehead atoms. The zero-order chi connectivity index (χ0) is 9.23. The van der Waals surface area contributed by atoms with Gasteiger partial charge in [-0.2, -0.15) is 35.9 Å². The van der Waals surface area contributed by atoms with Gasteiger partial charge in [-0.15, -0.1) is 0 Å². The molecule has 0 heterocycles. The Morgan fingerprint density at radius 3 is 1.93 bits per heavy atom. The van der Waals surface area contributed by atoms with Crippen molar-refractivity contribution in [2.45, 2.75) is 20.8 Å². The first-order valence-corrected chi connectivity index (χ1v) is 4.32. The normalized spacial score (nSPS) is 7.36. The van der Waals surface area contributed by atoms with Crippen LogP contribution in [0.15, 0.2) is 24.3 Å². The van der Waals surface area contributed by atoms with Crippen molar-refractivity contribution in [1.29, 1.82) is 0 Å². The Morgan fingerprint density at radius 1 is 1.21 bits per heavy atom. The van der Waals surface area contributed by atoms with Gasteiger partial charge in [-0.25, -0.2) is 0 Å². The third-order valence-electron chi connectivity index (χ3n) is 1.27. The number of hydrogen-bond donors (Lipinski definition) is 0. The molecule has 0 radical (unpaired) electrons. The maximum atomic E-state index is 4.83. The molecule has 1 nitrogen and oxygen atoms in total. The van der Waals surface area contributed by atoms with Crippen LogP contribution in [0.5, 0.6) is 0 Å². The van der Waals surface area contributed by atoms with Crippen LogP contribution in [0.4, 0.5) is 0 Å². The van der Waals surface area contributed by atoms with Crippen molar-refractivity contribution in [3.63, 3.8) is 0 Å². The summed E-state index contributed by atoms with van der Waals surface area (Å²) in [5.41, 5.74) is 1.20. The number of halogens is 1. The standard InChI is InChI=1S/C7H7.C4H10O.BrH.Mg/c1-7-5-3-2-4-6-7;1-3-5-4-2;;/h2-5H,1H3;3-4H2,1-2H3;1H;/q-1;;;+2/p-1. The monoisotopic (exact) mass is 268 g/mol. The van der Waals surface area contributed by atoms with Gasteiger partial charge in [0.15, 0.2) is 0 Å². The second-order valence-corrected chi connectivity index (χ2v) is 2.33. The number of rotatable bonds is 2. The molecule has 0 aliphatic carbocycles. The largest absolute Gasteiger partial charge is 2.00 e. The molecular formula is C11H17BrMgO. The molecule has 0 aliphatic heterocycles. The quantitative estimate of drug-likeness (QED) is 0.518.